The normalized spacial score (nSPS) is 10.8. The molecule has 3 aromatic carbocycles. The Labute approximate surface area is 166 Å². The zero-order valence-corrected chi connectivity index (χ0v) is 17.5. The Morgan fingerprint density at radius 3 is 2.29 bits per heavy atom. The van der Waals surface area contributed by atoms with E-state index in [4.69, 9.17) is 0 Å². The Morgan fingerprint density at radius 2 is 1.62 bits per heavy atom. The average Bonchev–Trinajstić information content (AvgIpc) is 3.15. The molecule has 2 heteroatoms. The van der Waals surface area contributed by atoms with Crippen molar-refractivity contribution in [2.24, 2.45) is 0 Å². The molecule has 4 rings (SSSR count). The first-order valence-corrected chi connectivity index (χ1v) is 8.78. The third-order valence-corrected chi connectivity index (χ3v) is 5.67. The summed E-state index contributed by atoms with van der Waals surface area (Å²) in [6.07, 6.45) is 0. The molecule has 4 aromatic rings. The van der Waals surface area contributed by atoms with Crippen LogP contribution in [0, 0.1) is 20.8 Å². The molecule has 24 heavy (non-hydrogen) atoms. The van der Waals surface area contributed by atoms with Crippen molar-refractivity contribution in [1.82, 2.24) is 0 Å². The predicted octanol–water partition coefficient (Wildman–Crippen LogP) is 6.88. The fourth-order valence-electron chi connectivity index (χ4n) is 3.31. The Kier molecular flexibility index (Phi) is 4.99. The molecule has 0 saturated carbocycles. The standard InChI is InChI=1S/C22H19S.Zr/c1-14-11-18-12-19(21-10-9-15(2)23-21)13-20(18)22(16(14)3)17-7-5-4-6-8-17;/h4-13H,1-3H3;/q-1;. The SMILES string of the molecule is Cc1ccc(-c2cc3c(-c4ccccc4)c(C)c(C)cc3[cH-]2)s1.[Zr]. The molecule has 0 spiro atoms. The van der Waals surface area contributed by atoms with Crippen LogP contribution in [0.15, 0.2) is 60.7 Å². The van der Waals surface area contributed by atoms with Gasteiger partial charge in [0.1, 0.15) is 0 Å². The monoisotopic (exact) mass is 405 g/mol. The van der Waals surface area contributed by atoms with Gasteiger partial charge in [-0.2, -0.15) is 11.3 Å². The molecule has 118 valence electrons. The summed E-state index contributed by atoms with van der Waals surface area (Å²) in [7, 11) is 0. The van der Waals surface area contributed by atoms with E-state index < -0.39 is 0 Å². The number of benzene rings is 2. The summed E-state index contributed by atoms with van der Waals surface area (Å²) >= 11 is 1.87. The quantitative estimate of drug-likeness (QED) is 0.318. The van der Waals surface area contributed by atoms with Gasteiger partial charge in [0.05, 0.1) is 0 Å². The zero-order valence-electron chi connectivity index (χ0n) is 14.2. The van der Waals surface area contributed by atoms with Crippen LogP contribution in [0.2, 0.25) is 0 Å². The molecular weight excluding hydrogens is 388 g/mol. The summed E-state index contributed by atoms with van der Waals surface area (Å²) in [5.41, 5.74) is 6.75. The van der Waals surface area contributed by atoms with E-state index in [0.717, 1.165) is 0 Å². The van der Waals surface area contributed by atoms with Crippen LogP contribution in [0.3, 0.4) is 0 Å². The van der Waals surface area contributed by atoms with Gasteiger partial charge in [-0.25, -0.2) is 0 Å². The van der Waals surface area contributed by atoms with Crippen LogP contribution in [0.5, 0.6) is 0 Å². The molecule has 0 amide bonds. The molecule has 0 bridgehead atoms. The van der Waals surface area contributed by atoms with E-state index in [0.29, 0.717) is 0 Å². The van der Waals surface area contributed by atoms with Crippen LogP contribution >= 0.6 is 11.3 Å². The van der Waals surface area contributed by atoms with Crippen molar-refractivity contribution in [3.63, 3.8) is 0 Å². The van der Waals surface area contributed by atoms with E-state index in [-0.39, 0.29) is 26.2 Å². The third kappa shape index (κ3) is 2.98. The van der Waals surface area contributed by atoms with Crippen molar-refractivity contribution < 1.29 is 26.2 Å². The molecule has 0 radical (unpaired) electrons. The maximum atomic E-state index is 2.36. The van der Waals surface area contributed by atoms with Gasteiger partial charge in [0.15, 0.2) is 0 Å². The predicted molar refractivity (Wildman–Crippen MR) is 103 cm³/mol. The molecule has 0 nitrogen and oxygen atoms in total. The van der Waals surface area contributed by atoms with Crippen LogP contribution in [0.25, 0.3) is 32.3 Å². The minimum atomic E-state index is 0. The second-order valence-corrected chi connectivity index (χ2v) is 7.50. The Morgan fingerprint density at radius 1 is 0.875 bits per heavy atom. The molecule has 1 aromatic heterocycles. The van der Waals surface area contributed by atoms with Gasteiger partial charge in [-0.1, -0.05) is 53.6 Å². The number of hydrogen-bond donors (Lipinski definition) is 0. The summed E-state index contributed by atoms with van der Waals surface area (Å²) < 4.78 is 0. The first kappa shape index (κ1) is 17.5. The van der Waals surface area contributed by atoms with E-state index in [9.17, 15) is 0 Å². The van der Waals surface area contributed by atoms with E-state index in [1.165, 1.54) is 48.3 Å². The maximum absolute atomic E-state index is 2.36. The fraction of sp³-hybridized carbons (Fsp3) is 0.136. The summed E-state index contributed by atoms with van der Waals surface area (Å²) in [5.74, 6) is 0. The van der Waals surface area contributed by atoms with Gasteiger partial charge in [-0.05, 0) is 41.7 Å². The summed E-state index contributed by atoms with van der Waals surface area (Å²) in [6.45, 7) is 6.61. The van der Waals surface area contributed by atoms with Gasteiger partial charge < -0.3 is 0 Å². The second-order valence-electron chi connectivity index (χ2n) is 6.22. The maximum Gasteiger partial charge on any atom is 0 e. The molecule has 0 saturated heterocycles. The van der Waals surface area contributed by atoms with Crippen molar-refractivity contribution in [2.75, 3.05) is 0 Å². The molecular formula is C22H19SZr-. The van der Waals surface area contributed by atoms with Gasteiger partial charge in [0.2, 0.25) is 0 Å². The van der Waals surface area contributed by atoms with E-state index in [2.05, 4.69) is 81.4 Å². The molecule has 0 atom stereocenters. The minimum Gasteiger partial charge on any atom is -0.182 e. The molecule has 0 fully saturated rings. The molecule has 0 unspecified atom stereocenters. The second kappa shape index (κ2) is 6.86. The van der Waals surface area contributed by atoms with Crippen molar-refractivity contribution in [3.05, 3.63) is 76.7 Å². The summed E-state index contributed by atoms with van der Waals surface area (Å²) in [5, 5.41) is 2.70. The van der Waals surface area contributed by atoms with Gasteiger partial charge in [-0.3, -0.25) is 0 Å². The molecule has 0 aliphatic carbocycles. The first-order valence-electron chi connectivity index (χ1n) is 7.96. The molecule has 0 aliphatic heterocycles. The van der Waals surface area contributed by atoms with Crippen LogP contribution < -0.4 is 0 Å². The van der Waals surface area contributed by atoms with Gasteiger partial charge in [0, 0.05) is 26.2 Å². The Balaban J connectivity index is 0.00000169. The molecule has 1 heterocycles. The van der Waals surface area contributed by atoms with Crippen molar-refractivity contribution >= 4 is 22.1 Å². The largest absolute Gasteiger partial charge is 0.182 e. The average molecular weight is 407 g/mol. The van der Waals surface area contributed by atoms with Crippen LogP contribution in [-0.4, -0.2) is 0 Å². The summed E-state index contributed by atoms with van der Waals surface area (Å²) in [6, 6.07) is 22.2. The molecule has 0 N–H and O–H groups in total. The van der Waals surface area contributed by atoms with Crippen LogP contribution in [0.1, 0.15) is 16.0 Å². The van der Waals surface area contributed by atoms with Crippen molar-refractivity contribution in [1.29, 1.82) is 0 Å². The smallest absolute Gasteiger partial charge is 0 e. The van der Waals surface area contributed by atoms with Gasteiger partial charge in [-0.15, -0.1) is 34.5 Å². The van der Waals surface area contributed by atoms with Gasteiger partial charge >= 0.3 is 0 Å². The minimum absolute atomic E-state index is 0. The summed E-state index contributed by atoms with van der Waals surface area (Å²) in [4.78, 5) is 2.72. The number of rotatable bonds is 2. The number of fused-ring (bicyclic) bond motifs is 1. The van der Waals surface area contributed by atoms with Crippen LogP contribution in [0.4, 0.5) is 0 Å². The van der Waals surface area contributed by atoms with E-state index in [1.54, 1.807) is 0 Å². The zero-order chi connectivity index (χ0) is 16.0. The fourth-order valence-corrected chi connectivity index (χ4v) is 4.17. The Bertz CT molecular complexity index is 990. The number of hydrogen-bond acceptors (Lipinski definition) is 1. The van der Waals surface area contributed by atoms with E-state index >= 15 is 0 Å². The van der Waals surface area contributed by atoms with Crippen molar-refractivity contribution in [2.45, 2.75) is 20.8 Å². The van der Waals surface area contributed by atoms with Crippen LogP contribution in [-0.2, 0) is 26.2 Å². The van der Waals surface area contributed by atoms with E-state index in [1.807, 2.05) is 11.3 Å². The number of thiophene rings is 1. The van der Waals surface area contributed by atoms with Crippen molar-refractivity contribution in [3.8, 4) is 21.6 Å². The third-order valence-electron chi connectivity index (χ3n) is 4.62. The molecule has 0 aliphatic rings. The number of aryl methyl sites for hydroxylation is 2. The Hall–Kier alpha value is -1.37. The topological polar surface area (TPSA) is 0 Å². The van der Waals surface area contributed by atoms with Gasteiger partial charge in [0.25, 0.3) is 0 Å². The first-order chi connectivity index (χ1) is 11.1.